The van der Waals surface area contributed by atoms with E-state index in [1.807, 2.05) is 0 Å². The molecule has 1 N–H and O–H groups in total. The van der Waals surface area contributed by atoms with Gasteiger partial charge in [-0.1, -0.05) is 12.1 Å². The fraction of sp³-hybridized carbons (Fsp3) is 0.154. The number of pyridine rings is 1. The number of halogens is 1. The minimum absolute atomic E-state index is 0.127. The van der Waals surface area contributed by atoms with Gasteiger partial charge in [0.1, 0.15) is 11.6 Å². The average Bonchev–Trinajstić information content (AvgIpc) is 2.32. The molecule has 0 bridgehead atoms. The van der Waals surface area contributed by atoms with E-state index < -0.39 is 0 Å². The van der Waals surface area contributed by atoms with Gasteiger partial charge in [0.15, 0.2) is 0 Å². The fourth-order valence-electron chi connectivity index (χ4n) is 1.60. The molecule has 0 aliphatic rings. The van der Waals surface area contributed by atoms with Gasteiger partial charge in [-0.2, -0.15) is 0 Å². The van der Waals surface area contributed by atoms with Gasteiger partial charge >= 0.3 is 0 Å². The molecule has 1 heterocycles. The first kappa shape index (κ1) is 11.4. The van der Waals surface area contributed by atoms with Crippen molar-refractivity contribution in [3.63, 3.8) is 0 Å². The van der Waals surface area contributed by atoms with Gasteiger partial charge < -0.3 is 10.0 Å². The first-order valence-electron chi connectivity index (χ1n) is 5.26. The highest BCUT2D eigenvalue weighted by Crippen LogP contribution is 2.19. The fourth-order valence-corrected chi connectivity index (χ4v) is 1.60. The molecule has 3 nitrogen and oxygen atoms in total. The van der Waals surface area contributed by atoms with E-state index in [9.17, 15) is 4.39 Å². The van der Waals surface area contributed by atoms with Gasteiger partial charge in [-0.15, -0.1) is 0 Å². The number of aromatic hydroxyl groups is 1. The average molecular weight is 232 g/mol. The maximum Gasteiger partial charge on any atom is 0.146 e. The van der Waals surface area contributed by atoms with Crippen molar-refractivity contribution in [3.8, 4) is 5.75 Å². The second kappa shape index (κ2) is 4.82. The molecular formula is C13H13FN2O. The second-order valence-corrected chi connectivity index (χ2v) is 3.82. The third-order valence-corrected chi connectivity index (χ3v) is 2.47. The molecule has 0 radical (unpaired) electrons. The van der Waals surface area contributed by atoms with Crippen LogP contribution >= 0.6 is 0 Å². The van der Waals surface area contributed by atoms with Crippen molar-refractivity contribution in [3.05, 3.63) is 54.1 Å². The maximum absolute atomic E-state index is 13.5. The Morgan fingerprint density at radius 1 is 1.24 bits per heavy atom. The topological polar surface area (TPSA) is 36.4 Å². The highest BCUT2D eigenvalue weighted by Gasteiger charge is 2.07. The molecule has 2 aromatic rings. The Balaban J connectivity index is 2.14. The van der Waals surface area contributed by atoms with Crippen LogP contribution in [0.3, 0.4) is 0 Å². The summed E-state index contributed by atoms with van der Waals surface area (Å²) < 4.78 is 13.5. The SMILES string of the molecule is CN(Cc1ccc(O)cn1)c1ccccc1F. The van der Waals surface area contributed by atoms with Gasteiger partial charge in [0.2, 0.25) is 0 Å². The molecule has 0 amide bonds. The minimum Gasteiger partial charge on any atom is -0.506 e. The molecule has 1 aromatic heterocycles. The molecule has 0 spiro atoms. The zero-order valence-corrected chi connectivity index (χ0v) is 9.47. The van der Waals surface area contributed by atoms with Gasteiger partial charge in [-0.05, 0) is 24.3 Å². The van der Waals surface area contributed by atoms with Crippen LogP contribution in [0.2, 0.25) is 0 Å². The van der Waals surface area contributed by atoms with Crippen LogP contribution < -0.4 is 4.90 Å². The zero-order valence-electron chi connectivity index (χ0n) is 9.47. The van der Waals surface area contributed by atoms with Gasteiger partial charge in [0.05, 0.1) is 24.1 Å². The molecule has 0 unspecified atom stereocenters. The van der Waals surface area contributed by atoms with Crippen LogP contribution in [0.5, 0.6) is 5.75 Å². The Labute approximate surface area is 99.2 Å². The lowest BCUT2D eigenvalue weighted by molar-refractivity contribution is 0.472. The molecule has 0 fully saturated rings. The van der Waals surface area contributed by atoms with Crippen molar-refractivity contribution in [1.29, 1.82) is 0 Å². The van der Waals surface area contributed by atoms with E-state index in [-0.39, 0.29) is 11.6 Å². The zero-order chi connectivity index (χ0) is 12.3. The standard InChI is InChI=1S/C13H13FN2O/c1-16(13-5-3-2-4-12(13)14)9-10-6-7-11(17)8-15-10/h2-8,17H,9H2,1H3. The molecule has 0 saturated carbocycles. The number of aromatic nitrogens is 1. The highest BCUT2D eigenvalue weighted by atomic mass is 19.1. The minimum atomic E-state index is -0.256. The summed E-state index contributed by atoms with van der Waals surface area (Å²) in [4.78, 5) is 5.83. The van der Waals surface area contributed by atoms with Crippen molar-refractivity contribution in [1.82, 2.24) is 4.98 Å². The van der Waals surface area contributed by atoms with Crippen LogP contribution in [-0.4, -0.2) is 17.1 Å². The molecule has 17 heavy (non-hydrogen) atoms. The summed E-state index contributed by atoms with van der Waals surface area (Å²) in [5.74, 6) is -0.129. The first-order chi connectivity index (χ1) is 8.16. The van der Waals surface area contributed by atoms with Crippen molar-refractivity contribution in [2.45, 2.75) is 6.54 Å². The Hall–Kier alpha value is -2.10. The van der Waals surface area contributed by atoms with Crippen LogP contribution in [-0.2, 0) is 6.54 Å². The third-order valence-electron chi connectivity index (χ3n) is 2.47. The summed E-state index contributed by atoms with van der Waals surface area (Å²) in [5, 5.41) is 9.12. The summed E-state index contributed by atoms with van der Waals surface area (Å²) in [5.41, 5.74) is 1.30. The van der Waals surface area contributed by atoms with Crippen LogP contribution in [0.25, 0.3) is 0 Å². The number of nitrogens with zero attached hydrogens (tertiary/aromatic N) is 2. The van der Waals surface area contributed by atoms with E-state index in [0.29, 0.717) is 12.2 Å². The van der Waals surface area contributed by atoms with E-state index >= 15 is 0 Å². The van der Waals surface area contributed by atoms with Crippen LogP contribution in [0.1, 0.15) is 5.69 Å². The number of benzene rings is 1. The number of para-hydroxylation sites is 1. The van der Waals surface area contributed by atoms with Gasteiger partial charge in [-0.25, -0.2) is 4.39 Å². The van der Waals surface area contributed by atoms with Crippen molar-refractivity contribution < 1.29 is 9.50 Å². The molecule has 0 aliphatic heterocycles. The van der Waals surface area contributed by atoms with Crippen LogP contribution in [0.4, 0.5) is 10.1 Å². The molecule has 4 heteroatoms. The van der Waals surface area contributed by atoms with Crippen molar-refractivity contribution >= 4 is 5.69 Å². The number of rotatable bonds is 3. The lowest BCUT2D eigenvalue weighted by Gasteiger charge is -2.19. The molecule has 1 aromatic carbocycles. The van der Waals surface area contributed by atoms with Crippen LogP contribution in [0.15, 0.2) is 42.6 Å². The lowest BCUT2D eigenvalue weighted by atomic mass is 10.2. The van der Waals surface area contributed by atoms with Crippen molar-refractivity contribution in [2.24, 2.45) is 0 Å². The Kier molecular flexibility index (Phi) is 3.23. The number of hydrogen-bond donors (Lipinski definition) is 1. The van der Waals surface area contributed by atoms with Gasteiger partial charge in [0.25, 0.3) is 0 Å². The van der Waals surface area contributed by atoms with Gasteiger partial charge in [0, 0.05) is 7.05 Å². The summed E-state index contributed by atoms with van der Waals surface area (Å²) in [6, 6.07) is 9.88. The van der Waals surface area contributed by atoms with Gasteiger partial charge in [-0.3, -0.25) is 4.98 Å². The van der Waals surface area contributed by atoms with E-state index in [2.05, 4.69) is 4.98 Å². The molecule has 0 saturated heterocycles. The monoisotopic (exact) mass is 232 g/mol. The summed E-state index contributed by atoms with van der Waals surface area (Å²) >= 11 is 0. The van der Waals surface area contributed by atoms with E-state index in [0.717, 1.165) is 5.69 Å². The second-order valence-electron chi connectivity index (χ2n) is 3.82. The Morgan fingerprint density at radius 3 is 2.65 bits per heavy atom. The van der Waals surface area contributed by atoms with Crippen molar-refractivity contribution in [2.75, 3.05) is 11.9 Å². The molecule has 0 atom stereocenters. The number of hydrogen-bond acceptors (Lipinski definition) is 3. The normalized spacial score (nSPS) is 10.2. The summed E-state index contributed by atoms with van der Waals surface area (Å²) in [6.07, 6.45) is 1.38. The third kappa shape index (κ3) is 2.72. The largest absolute Gasteiger partial charge is 0.506 e. The lowest BCUT2D eigenvalue weighted by Crippen LogP contribution is -2.18. The smallest absolute Gasteiger partial charge is 0.146 e. The van der Waals surface area contributed by atoms with E-state index in [4.69, 9.17) is 5.11 Å². The Bertz CT molecular complexity index is 499. The maximum atomic E-state index is 13.5. The number of anilines is 1. The van der Waals surface area contributed by atoms with E-state index in [1.165, 1.54) is 12.3 Å². The predicted octanol–water partition coefficient (Wildman–Crippen LogP) is 2.56. The molecule has 0 aliphatic carbocycles. The quantitative estimate of drug-likeness (QED) is 0.883. The summed E-state index contributed by atoms with van der Waals surface area (Å²) in [6.45, 7) is 0.487. The Morgan fingerprint density at radius 2 is 2.00 bits per heavy atom. The first-order valence-corrected chi connectivity index (χ1v) is 5.26. The van der Waals surface area contributed by atoms with E-state index in [1.54, 1.807) is 42.3 Å². The molecular weight excluding hydrogens is 219 g/mol. The molecule has 2 rings (SSSR count). The van der Waals surface area contributed by atoms with Crippen LogP contribution in [0, 0.1) is 5.82 Å². The molecule has 88 valence electrons. The highest BCUT2D eigenvalue weighted by molar-refractivity contribution is 5.47. The predicted molar refractivity (Wildman–Crippen MR) is 64.4 cm³/mol. The summed E-state index contributed by atoms with van der Waals surface area (Å²) in [7, 11) is 1.80.